The zero-order valence-electron chi connectivity index (χ0n) is 16.7. The second kappa shape index (κ2) is 8.49. The summed E-state index contributed by atoms with van der Waals surface area (Å²) in [6.45, 7) is 1.81. The molecule has 2 aromatic carbocycles. The minimum absolute atomic E-state index is 0.0703. The van der Waals surface area contributed by atoms with E-state index in [1.807, 2.05) is 48.5 Å². The Balaban J connectivity index is 1.75. The van der Waals surface area contributed by atoms with Crippen molar-refractivity contribution in [3.05, 3.63) is 54.1 Å². The van der Waals surface area contributed by atoms with Crippen molar-refractivity contribution in [3.8, 4) is 22.8 Å². The number of nitrogens with zero attached hydrogens (tertiary/aromatic N) is 1. The van der Waals surface area contributed by atoms with Gasteiger partial charge < -0.3 is 20.1 Å². The molecule has 1 amide bonds. The molecule has 1 fully saturated rings. The molecule has 4 rings (SSSR count). The molecular formula is C23H25N3O3. The third-order valence-corrected chi connectivity index (χ3v) is 5.27. The molecule has 0 saturated carbocycles. The smallest absolute Gasteiger partial charge is 0.252 e. The molecule has 0 aliphatic carbocycles. The van der Waals surface area contributed by atoms with Crippen molar-refractivity contribution < 1.29 is 14.3 Å². The first-order valence-electron chi connectivity index (χ1n) is 9.83. The van der Waals surface area contributed by atoms with Crippen molar-refractivity contribution in [2.24, 2.45) is 0 Å². The lowest BCUT2D eigenvalue weighted by Gasteiger charge is -2.24. The molecule has 1 aromatic heterocycles. The van der Waals surface area contributed by atoms with Crippen molar-refractivity contribution in [1.29, 1.82) is 0 Å². The van der Waals surface area contributed by atoms with Gasteiger partial charge in [-0.25, -0.2) is 4.98 Å². The van der Waals surface area contributed by atoms with E-state index in [2.05, 4.69) is 10.6 Å². The number of ether oxygens (including phenoxy) is 2. The Bertz CT molecular complexity index is 1030. The summed E-state index contributed by atoms with van der Waals surface area (Å²) >= 11 is 0. The standard InChI is InChI=1S/C23H25N3O3/c1-28-21-10-9-15(12-22(21)29-2)20-13-18(17-7-3-4-8-19(17)26-20)23(27)25-16-6-5-11-24-14-16/h3-4,7-10,12-13,16,24H,5-6,11,14H2,1-2H3,(H,25,27)/t16-/m0/s1. The van der Waals surface area contributed by atoms with E-state index in [1.165, 1.54) is 0 Å². The number of nitrogens with one attached hydrogen (secondary N) is 2. The van der Waals surface area contributed by atoms with E-state index in [4.69, 9.17) is 14.5 Å². The summed E-state index contributed by atoms with van der Waals surface area (Å²) in [6, 6.07) is 15.4. The average Bonchev–Trinajstić information content (AvgIpc) is 2.78. The van der Waals surface area contributed by atoms with E-state index >= 15 is 0 Å². The largest absolute Gasteiger partial charge is 0.493 e. The maximum atomic E-state index is 13.1. The van der Waals surface area contributed by atoms with Crippen LogP contribution < -0.4 is 20.1 Å². The third kappa shape index (κ3) is 4.03. The van der Waals surface area contributed by atoms with E-state index in [0.29, 0.717) is 17.1 Å². The number of benzene rings is 2. The number of carbonyl (C=O) groups is 1. The molecule has 3 aromatic rings. The van der Waals surface area contributed by atoms with Crippen molar-refractivity contribution >= 4 is 16.8 Å². The highest BCUT2D eigenvalue weighted by Gasteiger charge is 2.19. The quantitative estimate of drug-likeness (QED) is 0.697. The predicted molar refractivity (Wildman–Crippen MR) is 114 cm³/mol. The summed E-state index contributed by atoms with van der Waals surface area (Å²) < 4.78 is 10.8. The van der Waals surface area contributed by atoms with Crippen LogP contribution in [0.2, 0.25) is 0 Å². The van der Waals surface area contributed by atoms with Crippen LogP contribution >= 0.6 is 0 Å². The van der Waals surface area contributed by atoms with Crippen molar-refractivity contribution in [2.75, 3.05) is 27.3 Å². The normalized spacial score (nSPS) is 16.4. The molecule has 1 saturated heterocycles. The minimum atomic E-state index is -0.0703. The number of hydrogen-bond acceptors (Lipinski definition) is 5. The van der Waals surface area contributed by atoms with Crippen LogP contribution in [0.3, 0.4) is 0 Å². The van der Waals surface area contributed by atoms with Gasteiger partial charge in [-0.3, -0.25) is 4.79 Å². The Labute approximate surface area is 170 Å². The molecule has 2 N–H and O–H groups in total. The van der Waals surface area contributed by atoms with Gasteiger partial charge in [0.2, 0.25) is 0 Å². The molecule has 29 heavy (non-hydrogen) atoms. The molecule has 6 heteroatoms. The first kappa shape index (κ1) is 19.2. The van der Waals surface area contributed by atoms with Crippen LogP contribution in [0.5, 0.6) is 11.5 Å². The van der Waals surface area contributed by atoms with Crippen molar-refractivity contribution in [3.63, 3.8) is 0 Å². The van der Waals surface area contributed by atoms with Crippen LogP contribution in [0.15, 0.2) is 48.5 Å². The van der Waals surface area contributed by atoms with Crippen LogP contribution in [0, 0.1) is 0 Å². The van der Waals surface area contributed by atoms with Gasteiger partial charge in [0.1, 0.15) is 0 Å². The van der Waals surface area contributed by atoms with Gasteiger partial charge in [-0.1, -0.05) is 18.2 Å². The van der Waals surface area contributed by atoms with Gasteiger partial charge in [-0.05, 0) is 49.7 Å². The highest BCUT2D eigenvalue weighted by molar-refractivity contribution is 6.07. The molecule has 0 radical (unpaired) electrons. The maximum absolute atomic E-state index is 13.1. The zero-order valence-corrected chi connectivity index (χ0v) is 16.7. The molecule has 0 unspecified atom stereocenters. The number of hydrogen-bond donors (Lipinski definition) is 2. The van der Waals surface area contributed by atoms with Crippen LogP contribution in [0.25, 0.3) is 22.2 Å². The molecule has 1 atom stereocenters. The Morgan fingerprint density at radius 3 is 2.69 bits per heavy atom. The van der Waals surface area contributed by atoms with E-state index in [1.54, 1.807) is 14.2 Å². The average molecular weight is 391 g/mol. The molecule has 150 valence electrons. The van der Waals surface area contributed by atoms with Crippen molar-refractivity contribution in [2.45, 2.75) is 18.9 Å². The molecular weight excluding hydrogens is 366 g/mol. The Morgan fingerprint density at radius 2 is 1.93 bits per heavy atom. The molecule has 0 bridgehead atoms. The predicted octanol–water partition coefficient (Wildman–Crippen LogP) is 3.40. The minimum Gasteiger partial charge on any atom is -0.493 e. The Kier molecular flexibility index (Phi) is 5.62. The number of carbonyl (C=O) groups excluding carboxylic acids is 1. The van der Waals surface area contributed by atoms with Crippen LogP contribution in [0.4, 0.5) is 0 Å². The van der Waals surface area contributed by atoms with Gasteiger partial charge in [-0.2, -0.15) is 0 Å². The van der Waals surface area contributed by atoms with E-state index in [-0.39, 0.29) is 11.9 Å². The van der Waals surface area contributed by atoms with Crippen LogP contribution in [0.1, 0.15) is 23.2 Å². The third-order valence-electron chi connectivity index (χ3n) is 5.27. The lowest BCUT2D eigenvalue weighted by molar-refractivity contribution is 0.0932. The SMILES string of the molecule is COc1ccc(-c2cc(C(=O)N[C@H]3CCCNC3)c3ccccc3n2)cc1OC. The fraction of sp³-hybridized carbons (Fsp3) is 0.304. The molecule has 1 aliphatic rings. The van der Waals surface area contributed by atoms with Crippen LogP contribution in [-0.4, -0.2) is 44.2 Å². The topological polar surface area (TPSA) is 72.5 Å². The number of amides is 1. The van der Waals surface area contributed by atoms with Gasteiger partial charge in [0.15, 0.2) is 11.5 Å². The molecule has 6 nitrogen and oxygen atoms in total. The first-order valence-corrected chi connectivity index (χ1v) is 9.83. The number of fused-ring (bicyclic) bond motifs is 1. The number of rotatable bonds is 5. The lowest BCUT2D eigenvalue weighted by Crippen LogP contribution is -2.45. The van der Waals surface area contributed by atoms with E-state index in [0.717, 1.165) is 48.1 Å². The fourth-order valence-electron chi connectivity index (χ4n) is 3.74. The summed E-state index contributed by atoms with van der Waals surface area (Å²) in [5, 5.41) is 7.35. The lowest BCUT2D eigenvalue weighted by atomic mass is 10.0. The van der Waals surface area contributed by atoms with Crippen LogP contribution in [-0.2, 0) is 0 Å². The summed E-state index contributed by atoms with van der Waals surface area (Å²) in [5.74, 6) is 1.21. The second-order valence-electron chi connectivity index (χ2n) is 7.16. The molecule has 1 aliphatic heterocycles. The Morgan fingerprint density at radius 1 is 1.10 bits per heavy atom. The highest BCUT2D eigenvalue weighted by atomic mass is 16.5. The number of methoxy groups -OCH3 is 2. The highest BCUT2D eigenvalue weighted by Crippen LogP contribution is 2.33. The van der Waals surface area contributed by atoms with Gasteiger partial charge in [0, 0.05) is 23.5 Å². The zero-order chi connectivity index (χ0) is 20.2. The van der Waals surface area contributed by atoms with Gasteiger partial charge in [0.05, 0.1) is 31.0 Å². The van der Waals surface area contributed by atoms with Gasteiger partial charge in [0.25, 0.3) is 5.91 Å². The maximum Gasteiger partial charge on any atom is 0.252 e. The summed E-state index contributed by atoms with van der Waals surface area (Å²) in [6.07, 6.45) is 2.06. The fourth-order valence-corrected chi connectivity index (χ4v) is 3.74. The summed E-state index contributed by atoms with van der Waals surface area (Å²) in [4.78, 5) is 17.9. The van der Waals surface area contributed by atoms with Crippen molar-refractivity contribution in [1.82, 2.24) is 15.6 Å². The van der Waals surface area contributed by atoms with Gasteiger partial charge in [-0.15, -0.1) is 0 Å². The second-order valence-corrected chi connectivity index (χ2v) is 7.16. The van der Waals surface area contributed by atoms with Gasteiger partial charge >= 0.3 is 0 Å². The summed E-state index contributed by atoms with van der Waals surface area (Å²) in [5.41, 5.74) is 3.00. The van der Waals surface area contributed by atoms with E-state index < -0.39 is 0 Å². The Hall–Kier alpha value is -3.12. The summed E-state index contributed by atoms with van der Waals surface area (Å²) in [7, 11) is 3.21. The molecule has 0 spiro atoms. The van der Waals surface area contributed by atoms with E-state index in [9.17, 15) is 4.79 Å². The number of piperidine rings is 1. The number of pyridine rings is 1. The first-order chi connectivity index (χ1) is 14.2. The number of para-hydroxylation sites is 1. The number of aromatic nitrogens is 1. The monoisotopic (exact) mass is 391 g/mol. The molecule has 2 heterocycles.